The number of carbonyl (C=O) groups is 5. The number of hydrogen-bond donors (Lipinski definition) is 5. The minimum Gasteiger partial charge on any atom is -0.346 e. The lowest BCUT2D eigenvalue weighted by Crippen LogP contribution is -2.62. The molecule has 0 aromatic rings. The van der Waals surface area contributed by atoms with E-state index in [1.807, 2.05) is 27.8 Å². The zero-order valence-corrected chi connectivity index (χ0v) is 28.6. The maximum Gasteiger partial charge on any atom is 0.315 e. The van der Waals surface area contributed by atoms with E-state index < -0.39 is 41.1 Å². The molecule has 11 nitrogen and oxygen atoms in total. The number of hydrogen-bond acceptors (Lipinski definition) is 6. The molecule has 3 unspecified atom stereocenters. The normalized spacial score (nSPS) is 33.0. The fourth-order valence-corrected chi connectivity index (χ4v) is 9.42. The average molecular weight is 641 g/mol. The largest absolute Gasteiger partial charge is 0.346 e. The van der Waals surface area contributed by atoms with E-state index in [1.165, 1.54) is 6.08 Å². The fourth-order valence-electron chi connectivity index (χ4n) is 9.42. The first kappa shape index (κ1) is 34.4. The van der Waals surface area contributed by atoms with Crippen molar-refractivity contribution in [2.45, 2.75) is 104 Å². The van der Waals surface area contributed by atoms with Gasteiger partial charge in [-0.05, 0) is 67.2 Å². The van der Waals surface area contributed by atoms with Gasteiger partial charge in [-0.1, -0.05) is 66.4 Å². The highest BCUT2D eigenvalue weighted by molar-refractivity contribution is 6.38. The number of fused-ring (bicyclic) bond motifs is 2. The minimum absolute atomic E-state index is 0.0313. The topological polar surface area (TPSA) is 149 Å². The van der Waals surface area contributed by atoms with Crippen LogP contribution < -0.4 is 26.6 Å². The van der Waals surface area contributed by atoms with E-state index in [0.29, 0.717) is 37.3 Å². The molecule has 4 aliphatic carbocycles. The van der Waals surface area contributed by atoms with E-state index in [4.69, 9.17) is 0 Å². The van der Waals surface area contributed by atoms with Gasteiger partial charge < -0.3 is 31.5 Å². The molecular weight excluding hydrogens is 584 g/mol. The standard InChI is InChI=1S/C35H56N6O5/c1-8-15-37-31(44)28(42)24(16-21-11-9-12-21)38-30(43)27-23-14-10-13-22(23)18-41(27)32(45)29(34(4,5)6)40-33(46)39-25(17-36-7)35-19(2)26(35)20(35)3/h8,19-27,29,36H,1,9-18H2,2-7H3,(H,37,44)(H,38,43)(H2,39,40,46)/t19?,20?,22-,23-,24?,25+,26?,27-,29+,35?/m0/s1. The van der Waals surface area contributed by atoms with Crippen LogP contribution in [-0.2, 0) is 19.2 Å². The quantitative estimate of drug-likeness (QED) is 0.145. The molecule has 0 radical (unpaired) electrons. The van der Waals surface area contributed by atoms with Crippen LogP contribution in [-0.4, -0.2) is 85.3 Å². The number of likely N-dealkylation sites (tertiary alicyclic amines) is 1. The predicted molar refractivity (Wildman–Crippen MR) is 175 cm³/mol. The Kier molecular flexibility index (Phi) is 9.93. The monoisotopic (exact) mass is 640 g/mol. The zero-order chi connectivity index (χ0) is 33.6. The smallest absolute Gasteiger partial charge is 0.315 e. The Labute approximate surface area is 274 Å². The van der Waals surface area contributed by atoms with Crippen LogP contribution in [0, 0.1) is 46.3 Å². The number of nitrogens with zero attached hydrogens (tertiary/aromatic N) is 1. The Morgan fingerprint density at radius 3 is 2.20 bits per heavy atom. The lowest BCUT2D eigenvalue weighted by atomic mass is 9.80. The molecule has 0 aromatic carbocycles. The Morgan fingerprint density at radius 2 is 1.65 bits per heavy atom. The van der Waals surface area contributed by atoms with E-state index in [-0.39, 0.29) is 47.7 Å². The van der Waals surface area contributed by atoms with Gasteiger partial charge in [0.25, 0.3) is 5.91 Å². The first-order valence-electron chi connectivity index (χ1n) is 17.5. The Bertz CT molecular complexity index is 1220. The Balaban J connectivity index is 1.32. The molecule has 5 rings (SSSR count). The number of carbonyl (C=O) groups excluding carboxylic acids is 5. The SMILES string of the molecule is C=CCNC(=O)C(=O)C(CC1CCC1)NC(=O)[C@@H]1[C@H]2CCC[C@H]2CN1C(=O)[C@@H](NC(=O)N[C@H](CNC)C12C(C)C1C2C)C(C)(C)C. The molecule has 1 saturated heterocycles. The zero-order valence-electron chi connectivity index (χ0n) is 28.6. The summed E-state index contributed by atoms with van der Waals surface area (Å²) in [6, 6.07) is -3.00. The second-order valence-corrected chi connectivity index (χ2v) is 15.9. The third-order valence-corrected chi connectivity index (χ3v) is 12.2. The summed E-state index contributed by atoms with van der Waals surface area (Å²) in [6.45, 7) is 15.1. The number of rotatable bonds is 14. The van der Waals surface area contributed by atoms with Crippen LogP contribution in [0.15, 0.2) is 12.7 Å². The molecule has 46 heavy (non-hydrogen) atoms. The summed E-state index contributed by atoms with van der Waals surface area (Å²) in [5.41, 5.74) is -0.509. The van der Waals surface area contributed by atoms with E-state index >= 15 is 0 Å². The molecule has 1 heterocycles. The average Bonchev–Trinajstić information content (AvgIpc) is 3.61. The summed E-state index contributed by atoms with van der Waals surface area (Å²) < 4.78 is 0. The number of urea groups is 1. The van der Waals surface area contributed by atoms with Gasteiger partial charge in [-0.25, -0.2) is 4.79 Å². The summed E-state index contributed by atoms with van der Waals surface area (Å²) in [7, 11) is 1.88. The highest BCUT2D eigenvalue weighted by Gasteiger charge is 2.84. The number of likely N-dealkylation sites (N-methyl/N-ethyl adjacent to an activating group) is 1. The number of ketones is 1. The van der Waals surface area contributed by atoms with Gasteiger partial charge in [0.05, 0.1) is 6.04 Å². The van der Waals surface area contributed by atoms with Crippen LogP contribution in [0.25, 0.3) is 0 Å². The van der Waals surface area contributed by atoms with Crippen LogP contribution in [0.4, 0.5) is 4.79 Å². The molecule has 8 atom stereocenters. The van der Waals surface area contributed by atoms with Crippen molar-refractivity contribution in [3.05, 3.63) is 12.7 Å². The second kappa shape index (κ2) is 13.3. The van der Waals surface area contributed by atoms with Crippen LogP contribution >= 0.6 is 0 Å². The van der Waals surface area contributed by atoms with Crippen LogP contribution in [0.5, 0.6) is 0 Å². The molecule has 4 saturated carbocycles. The molecule has 0 bridgehead atoms. The molecule has 5 aliphatic rings. The lowest BCUT2D eigenvalue weighted by molar-refractivity contribution is -0.144. The van der Waals surface area contributed by atoms with Crippen LogP contribution in [0.1, 0.15) is 79.6 Å². The van der Waals surface area contributed by atoms with Crippen molar-refractivity contribution >= 4 is 29.5 Å². The third kappa shape index (κ3) is 6.32. The van der Waals surface area contributed by atoms with Gasteiger partial charge >= 0.3 is 6.03 Å². The maximum atomic E-state index is 14.4. The molecule has 5 fully saturated rings. The highest BCUT2D eigenvalue weighted by Crippen LogP contribution is 2.85. The molecule has 5 N–H and O–H groups in total. The van der Waals surface area contributed by atoms with Gasteiger partial charge in [-0.15, -0.1) is 6.58 Å². The maximum absolute atomic E-state index is 14.4. The number of amides is 5. The first-order chi connectivity index (χ1) is 21.8. The summed E-state index contributed by atoms with van der Waals surface area (Å²) in [4.78, 5) is 69.6. The summed E-state index contributed by atoms with van der Waals surface area (Å²) in [6.07, 6.45) is 7.61. The molecule has 11 heteroatoms. The van der Waals surface area contributed by atoms with E-state index in [0.717, 1.165) is 38.5 Å². The van der Waals surface area contributed by atoms with Gasteiger partial charge in [-0.2, -0.15) is 0 Å². The Hall–Kier alpha value is -2.95. The summed E-state index contributed by atoms with van der Waals surface area (Å²) in [5.74, 6) is 0.0911. The van der Waals surface area contributed by atoms with Crippen molar-refractivity contribution in [1.82, 2.24) is 31.5 Å². The van der Waals surface area contributed by atoms with Crippen molar-refractivity contribution in [2.75, 3.05) is 26.7 Å². The van der Waals surface area contributed by atoms with Crippen LogP contribution in [0.2, 0.25) is 0 Å². The minimum atomic E-state index is -0.954. The van der Waals surface area contributed by atoms with Gasteiger partial charge in [-0.3, -0.25) is 19.2 Å². The van der Waals surface area contributed by atoms with E-state index in [1.54, 1.807) is 4.90 Å². The van der Waals surface area contributed by atoms with Crippen molar-refractivity contribution in [2.24, 2.45) is 46.3 Å². The molecule has 1 aliphatic heterocycles. The van der Waals surface area contributed by atoms with Crippen molar-refractivity contribution < 1.29 is 24.0 Å². The fraction of sp³-hybridized carbons (Fsp3) is 0.800. The van der Waals surface area contributed by atoms with Gasteiger partial charge in [0.1, 0.15) is 12.1 Å². The summed E-state index contributed by atoms with van der Waals surface area (Å²) in [5, 5.41) is 14.9. The highest BCUT2D eigenvalue weighted by atomic mass is 16.2. The third-order valence-electron chi connectivity index (χ3n) is 12.2. The summed E-state index contributed by atoms with van der Waals surface area (Å²) >= 11 is 0. The van der Waals surface area contributed by atoms with Gasteiger partial charge in [0, 0.05) is 31.1 Å². The molecular formula is C35H56N6O5. The van der Waals surface area contributed by atoms with Gasteiger partial charge in [0.2, 0.25) is 17.6 Å². The van der Waals surface area contributed by atoms with Crippen LogP contribution in [0.3, 0.4) is 0 Å². The predicted octanol–water partition coefficient (Wildman–Crippen LogP) is 2.36. The molecule has 256 valence electrons. The first-order valence-corrected chi connectivity index (χ1v) is 17.5. The van der Waals surface area contributed by atoms with Crippen molar-refractivity contribution in [3.63, 3.8) is 0 Å². The van der Waals surface area contributed by atoms with Crippen molar-refractivity contribution in [1.29, 1.82) is 0 Å². The molecule has 0 aromatic heterocycles. The molecule has 5 amide bonds. The Morgan fingerprint density at radius 1 is 0.978 bits per heavy atom. The molecule has 0 spiro atoms. The lowest BCUT2D eigenvalue weighted by Gasteiger charge is -2.37. The van der Waals surface area contributed by atoms with Crippen molar-refractivity contribution in [3.8, 4) is 0 Å². The van der Waals surface area contributed by atoms with E-state index in [2.05, 4.69) is 47.0 Å². The van der Waals surface area contributed by atoms with E-state index in [9.17, 15) is 24.0 Å². The number of Topliss-reactive ketones (excluding diaryl/α,β-unsaturated/α-hetero) is 1. The van der Waals surface area contributed by atoms with Gasteiger partial charge in [0.15, 0.2) is 0 Å². The second-order valence-electron chi connectivity index (χ2n) is 15.9. The number of nitrogens with one attached hydrogen (secondary N) is 5.